The van der Waals surface area contributed by atoms with Crippen LogP contribution >= 0.6 is 11.6 Å². The van der Waals surface area contributed by atoms with Crippen molar-refractivity contribution in [2.45, 2.75) is 51.2 Å². The van der Waals surface area contributed by atoms with Gasteiger partial charge in [-0.15, -0.1) is 0 Å². The topological polar surface area (TPSA) is 142 Å². The summed E-state index contributed by atoms with van der Waals surface area (Å²) >= 11 is 5.71. The Labute approximate surface area is 255 Å². The first-order valence-electron chi connectivity index (χ1n) is 13.7. The molecule has 44 heavy (non-hydrogen) atoms. The number of carbonyl (C=O) groups is 1. The van der Waals surface area contributed by atoms with E-state index in [-0.39, 0.29) is 23.3 Å². The molecule has 3 heterocycles. The number of hydrogen-bond acceptors (Lipinski definition) is 8. The van der Waals surface area contributed by atoms with Gasteiger partial charge in [0.2, 0.25) is 0 Å². The van der Waals surface area contributed by atoms with Crippen molar-refractivity contribution in [2.24, 2.45) is 0 Å². The highest BCUT2D eigenvalue weighted by Gasteiger charge is 2.34. The maximum absolute atomic E-state index is 13.3. The molecule has 2 aromatic heterocycles. The number of carbonyl (C=O) groups excluding carboxylic acids is 1. The quantitative estimate of drug-likeness (QED) is 0.188. The number of aliphatic hydroxyl groups is 2. The molecule has 0 aliphatic carbocycles. The lowest BCUT2D eigenvalue weighted by atomic mass is 10.1. The molecule has 1 fully saturated rings. The molecule has 4 aromatic rings. The first-order chi connectivity index (χ1) is 20.8. The molecule has 2 aromatic carbocycles. The molecule has 0 saturated carbocycles. The number of piperidine rings is 1. The number of alkyl halides is 3. The molecule has 0 spiro atoms. The first-order valence-corrected chi connectivity index (χ1v) is 14.1. The molecule has 2 unspecified atom stereocenters. The summed E-state index contributed by atoms with van der Waals surface area (Å²) in [5.74, 6) is 5.96. The highest BCUT2D eigenvalue weighted by Crippen LogP contribution is 2.36. The van der Waals surface area contributed by atoms with Gasteiger partial charge in [0.1, 0.15) is 23.9 Å². The van der Waals surface area contributed by atoms with Crippen molar-refractivity contribution in [3.63, 3.8) is 0 Å². The minimum Gasteiger partial charge on any atom is -0.384 e. The Morgan fingerprint density at radius 3 is 2.68 bits per heavy atom. The van der Waals surface area contributed by atoms with E-state index in [1.54, 1.807) is 27.8 Å². The largest absolute Gasteiger partial charge is 0.417 e. The van der Waals surface area contributed by atoms with Crippen molar-refractivity contribution in [3.8, 4) is 11.8 Å². The van der Waals surface area contributed by atoms with Crippen LogP contribution in [0.4, 0.5) is 24.7 Å². The standard InChI is InChI=1S/C30H29ClF3N7O3/c1-16-5-8-20(38-28(43)19-6-9-23(31)22(13-19)30(32,33)34)12-18(16)7-10-24-25-26(35)36-15-37-27(25)41(39-24)21-4-3-11-40(14-21)29(44)17(2)42/h5-6,8-9,12-13,15,17,21,28,38,42-43H,3-4,11,14H2,1-2H3,(H2,35,36,37)/t17-,21?,28?/m0/s1. The van der Waals surface area contributed by atoms with E-state index in [0.717, 1.165) is 24.1 Å². The number of amides is 1. The highest BCUT2D eigenvalue weighted by atomic mass is 35.5. The number of anilines is 2. The number of nitrogen functional groups attached to an aromatic ring is 1. The van der Waals surface area contributed by atoms with E-state index in [2.05, 4.69) is 27.1 Å². The fourth-order valence-electron chi connectivity index (χ4n) is 5.10. The van der Waals surface area contributed by atoms with Gasteiger partial charge in [-0.3, -0.25) is 4.79 Å². The van der Waals surface area contributed by atoms with Crippen LogP contribution in [0.1, 0.15) is 60.0 Å². The normalized spacial score (nSPS) is 16.7. The van der Waals surface area contributed by atoms with Gasteiger partial charge in [0.25, 0.3) is 5.91 Å². The van der Waals surface area contributed by atoms with Crippen LogP contribution in [0.5, 0.6) is 0 Å². The molecule has 1 saturated heterocycles. The van der Waals surface area contributed by atoms with Gasteiger partial charge in [-0.1, -0.05) is 29.7 Å². The summed E-state index contributed by atoms with van der Waals surface area (Å²) in [5, 5.41) is 27.9. The van der Waals surface area contributed by atoms with Gasteiger partial charge in [-0.2, -0.15) is 18.3 Å². The molecule has 230 valence electrons. The Balaban J connectivity index is 1.44. The van der Waals surface area contributed by atoms with Gasteiger partial charge >= 0.3 is 6.18 Å². The molecule has 0 radical (unpaired) electrons. The number of nitrogens with zero attached hydrogens (tertiary/aromatic N) is 5. The second kappa shape index (κ2) is 12.3. The van der Waals surface area contributed by atoms with Crippen molar-refractivity contribution in [3.05, 3.63) is 75.7 Å². The van der Waals surface area contributed by atoms with E-state index in [1.165, 1.54) is 19.3 Å². The Hall–Kier alpha value is -4.38. The molecule has 0 bridgehead atoms. The number of hydrogen-bond donors (Lipinski definition) is 4. The van der Waals surface area contributed by atoms with Gasteiger partial charge in [-0.05, 0) is 62.4 Å². The van der Waals surface area contributed by atoms with Crippen molar-refractivity contribution >= 4 is 40.0 Å². The Morgan fingerprint density at radius 2 is 1.95 bits per heavy atom. The smallest absolute Gasteiger partial charge is 0.384 e. The first kappa shape index (κ1) is 31.1. The summed E-state index contributed by atoms with van der Waals surface area (Å²) in [7, 11) is 0. The van der Waals surface area contributed by atoms with Crippen LogP contribution in [-0.2, 0) is 11.0 Å². The SMILES string of the molecule is Cc1ccc(NC(O)c2ccc(Cl)c(C(F)(F)F)c2)cc1C#Cc1nn(C2CCCN(C(=O)[C@H](C)O)C2)c2ncnc(N)c12. The molecule has 1 aliphatic rings. The Bertz CT molecular complexity index is 1780. The van der Waals surface area contributed by atoms with Gasteiger partial charge in [-0.25, -0.2) is 14.6 Å². The lowest BCUT2D eigenvalue weighted by molar-refractivity contribution is -0.141. The van der Waals surface area contributed by atoms with E-state index in [9.17, 15) is 28.2 Å². The Morgan fingerprint density at radius 1 is 1.18 bits per heavy atom. The maximum atomic E-state index is 13.3. The summed E-state index contributed by atoms with van der Waals surface area (Å²) in [4.78, 5) is 22.5. The van der Waals surface area contributed by atoms with Crippen LogP contribution in [0.15, 0.2) is 42.7 Å². The van der Waals surface area contributed by atoms with Crippen molar-refractivity contribution in [1.82, 2.24) is 24.6 Å². The third-order valence-corrected chi connectivity index (χ3v) is 7.73. The summed E-state index contributed by atoms with van der Waals surface area (Å²) < 4.78 is 41.6. The number of nitrogens with two attached hydrogens (primary N) is 1. The van der Waals surface area contributed by atoms with Crippen LogP contribution in [-0.4, -0.2) is 60.0 Å². The minimum absolute atomic E-state index is 0.0150. The molecular formula is C30H29ClF3N7O3. The van der Waals surface area contributed by atoms with Crippen LogP contribution in [0, 0.1) is 18.8 Å². The number of aryl methyl sites for hydroxylation is 1. The second-order valence-electron chi connectivity index (χ2n) is 10.6. The predicted molar refractivity (Wildman–Crippen MR) is 158 cm³/mol. The Kier molecular flexibility index (Phi) is 8.69. The molecular weight excluding hydrogens is 599 g/mol. The average Bonchev–Trinajstić information content (AvgIpc) is 3.36. The maximum Gasteiger partial charge on any atom is 0.417 e. The molecule has 1 amide bonds. The predicted octanol–water partition coefficient (Wildman–Crippen LogP) is 4.44. The molecule has 1 aliphatic heterocycles. The number of likely N-dealkylation sites (tertiary alicyclic amines) is 1. The number of nitrogens with one attached hydrogen (secondary N) is 1. The molecule has 14 heteroatoms. The number of benzene rings is 2. The van der Waals surface area contributed by atoms with E-state index >= 15 is 0 Å². The van der Waals surface area contributed by atoms with Gasteiger partial charge < -0.3 is 26.2 Å². The third-order valence-electron chi connectivity index (χ3n) is 7.40. The third kappa shape index (κ3) is 6.42. The summed E-state index contributed by atoms with van der Waals surface area (Å²) in [6.45, 7) is 4.14. The van der Waals surface area contributed by atoms with E-state index < -0.39 is 29.1 Å². The number of aromatic nitrogens is 4. The van der Waals surface area contributed by atoms with Crippen molar-refractivity contribution in [1.29, 1.82) is 0 Å². The van der Waals surface area contributed by atoms with E-state index in [0.29, 0.717) is 47.5 Å². The summed E-state index contributed by atoms with van der Waals surface area (Å²) in [5.41, 5.74) is 7.73. The van der Waals surface area contributed by atoms with E-state index in [4.69, 9.17) is 22.4 Å². The van der Waals surface area contributed by atoms with Crippen LogP contribution in [0.2, 0.25) is 5.02 Å². The molecule has 10 nitrogen and oxygen atoms in total. The highest BCUT2D eigenvalue weighted by molar-refractivity contribution is 6.31. The number of halogens is 4. The minimum atomic E-state index is -4.67. The van der Waals surface area contributed by atoms with Crippen LogP contribution in [0.25, 0.3) is 11.0 Å². The fourth-order valence-corrected chi connectivity index (χ4v) is 5.33. The number of fused-ring (bicyclic) bond motifs is 1. The second-order valence-corrected chi connectivity index (χ2v) is 11.0. The zero-order valence-electron chi connectivity index (χ0n) is 23.7. The fraction of sp³-hybridized carbons (Fsp3) is 0.333. The van der Waals surface area contributed by atoms with Crippen LogP contribution < -0.4 is 11.1 Å². The van der Waals surface area contributed by atoms with Crippen molar-refractivity contribution < 1.29 is 28.2 Å². The monoisotopic (exact) mass is 627 g/mol. The molecule has 3 atom stereocenters. The van der Waals surface area contributed by atoms with E-state index in [1.807, 2.05) is 6.92 Å². The summed E-state index contributed by atoms with van der Waals surface area (Å²) in [6.07, 6.45) is -4.46. The zero-order valence-corrected chi connectivity index (χ0v) is 24.5. The summed E-state index contributed by atoms with van der Waals surface area (Å²) in [6, 6.07) is 8.06. The average molecular weight is 628 g/mol. The lowest BCUT2D eigenvalue weighted by Gasteiger charge is -2.33. The van der Waals surface area contributed by atoms with Gasteiger partial charge in [0, 0.05) is 29.9 Å². The van der Waals surface area contributed by atoms with Gasteiger partial charge in [0.05, 0.1) is 22.0 Å². The molecule has 5 rings (SSSR count). The van der Waals surface area contributed by atoms with Crippen LogP contribution in [0.3, 0.4) is 0 Å². The zero-order chi connectivity index (χ0) is 31.8. The van der Waals surface area contributed by atoms with Gasteiger partial charge in [0.15, 0.2) is 11.9 Å². The lowest BCUT2D eigenvalue weighted by Crippen LogP contribution is -2.44. The number of aliphatic hydroxyl groups excluding tert-OH is 2. The number of rotatable bonds is 5. The molecule has 5 N–H and O–H groups in total. The van der Waals surface area contributed by atoms with Crippen molar-refractivity contribution in [2.75, 3.05) is 24.1 Å².